The summed E-state index contributed by atoms with van der Waals surface area (Å²) in [5.41, 5.74) is 2.62. The number of rotatable bonds is 5. The number of nitrogens with zero attached hydrogens (tertiary/aromatic N) is 5. The van der Waals surface area contributed by atoms with Crippen LogP contribution in [-0.4, -0.2) is 58.9 Å². The molecule has 0 unspecified atom stereocenters. The maximum Gasteiger partial charge on any atom is 0.418 e. The first-order chi connectivity index (χ1) is 18.1. The van der Waals surface area contributed by atoms with E-state index in [4.69, 9.17) is 0 Å². The quantitative estimate of drug-likeness (QED) is 0.364. The van der Waals surface area contributed by atoms with Crippen molar-refractivity contribution < 1.29 is 18.0 Å². The highest BCUT2D eigenvalue weighted by atomic mass is 19.4. The molecule has 1 saturated heterocycles. The van der Waals surface area contributed by atoms with Gasteiger partial charge < -0.3 is 20.4 Å². The number of aryl methyl sites for hydroxylation is 1. The second-order valence-electron chi connectivity index (χ2n) is 9.63. The van der Waals surface area contributed by atoms with Crippen molar-refractivity contribution >= 4 is 34.0 Å². The van der Waals surface area contributed by atoms with Gasteiger partial charge in [0.15, 0.2) is 0 Å². The van der Waals surface area contributed by atoms with Crippen LogP contribution < -0.4 is 15.5 Å². The van der Waals surface area contributed by atoms with Gasteiger partial charge in [0.2, 0.25) is 0 Å². The molecule has 2 aromatic heterocycles. The van der Waals surface area contributed by atoms with Crippen LogP contribution in [0.4, 0.5) is 35.0 Å². The van der Waals surface area contributed by atoms with Gasteiger partial charge in [-0.3, -0.25) is 9.67 Å². The van der Waals surface area contributed by atoms with Crippen LogP contribution in [0.15, 0.2) is 61.1 Å². The number of carbonyl (C=O) groups excluding carboxylic acids is 1. The number of nitrogens with one attached hydrogen (secondary N) is 2. The number of amides is 2. The Labute approximate surface area is 218 Å². The van der Waals surface area contributed by atoms with Crippen LogP contribution in [0.3, 0.4) is 0 Å². The molecule has 2 amide bonds. The minimum absolute atomic E-state index is 0.0629. The molecule has 0 aliphatic carbocycles. The zero-order valence-electron chi connectivity index (χ0n) is 21.3. The summed E-state index contributed by atoms with van der Waals surface area (Å²) < 4.78 is 43.5. The summed E-state index contributed by atoms with van der Waals surface area (Å²) in [6.07, 6.45) is 1.51. The standard InChI is InChI=1S/C27H28F3N7O/c1-35(2)20-10-11-37(16-20)24-9-8-19(12-23(24)27(28,29)30)34-26(38)33-18-6-4-17(5-7-18)21-13-31-15-25-22(21)14-32-36(25)3/h4-9,12-15,20H,10-11,16H2,1-3H3,(H2,33,34,38)/t20-/m0/s1. The average molecular weight is 524 g/mol. The average Bonchev–Trinajstić information content (AvgIpc) is 3.52. The van der Waals surface area contributed by atoms with E-state index in [1.165, 1.54) is 12.1 Å². The third-order valence-electron chi connectivity index (χ3n) is 6.92. The SMILES string of the molecule is CN(C)[C@H]1CCN(c2ccc(NC(=O)Nc3ccc(-c4cncc5c4cnn5C)cc3)cc2C(F)(F)F)C1. The molecule has 1 aliphatic rings. The molecule has 0 bridgehead atoms. The first-order valence-electron chi connectivity index (χ1n) is 12.2. The van der Waals surface area contributed by atoms with Crippen molar-refractivity contribution in [3.63, 3.8) is 0 Å². The van der Waals surface area contributed by atoms with E-state index in [1.54, 1.807) is 40.3 Å². The molecule has 0 spiro atoms. The van der Waals surface area contributed by atoms with Crippen LogP contribution in [-0.2, 0) is 13.2 Å². The number of alkyl halides is 3. The van der Waals surface area contributed by atoms with Gasteiger partial charge in [0.05, 0.1) is 23.5 Å². The Morgan fingerprint density at radius 3 is 2.42 bits per heavy atom. The summed E-state index contributed by atoms with van der Waals surface area (Å²) in [5.74, 6) is 0. The number of pyridine rings is 1. The predicted molar refractivity (Wildman–Crippen MR) is 142 cm³/mol. The van der Waals surface area contributed by atoms with E-state index in [9.17, 15) is 18.0 Å². The van der Waals surface area contributed by atoms with E-state index < -0.39 is 17.8 Å². The summed E-state index contributed by atoms with van der Waals surface area (Å²) in [6, 6.07) is 10.6. The summed E-state index contributed by atoms with van der Waals surface area (Å²) >= 11 is 0. The molecule has 5 rings (SSSR count). The molecule has 4 aromatic rings. The Morgan fingerprint density at radius 2 is 1.74 bits per heavy atom. The van der Waals surface area contributed by atoms with Crippen LogP contribution in [0.25, 0.3) is 22.0 Å². The van der Waals surface area contributed by atoms with Crippen LogP contribution >= 0.6 is 0 Å². The van der Waals surface area contributed by atoms with Crippen molar-refractivity contribution in [2.24, 2.45) is 7.05 Å². The van der Waals surface area contributed by atoms with Crippen molar-refractivity contribution in [1.29, 1.82) is 0 Å². The van der Waals surface area contributed by atoms with E-state index in [2.05, 4.69) is 20.7 Å². The monoisotopic (exact) mass is 523 g/mol. The smallest absolute Gasteiger partial charge is 0.369 e. The summed E-state index contributed by atoms with van der Waals surface area (Å²) in [7, 11) is 5.70. The maximum absolute atomic E-state index is 13.9. The highest BCUT2D eigenvalue weighted by Gasteiger charge is 2.37. The summed E-state index contributed by atoms with van der Waals surface area (Å²) in [4.78, 5) is 20.6. The zero-order valence-corrected chi connectivity index (χ0v) is 21.3. The lowest BCUT2D eigenvalue weighted by molar-refractivity contribution is -0.137. The second kappa shape index (κ2) is 9.97. The van der Waals surface area contributed by atoms with Crippen molar-refractivity contribution in [2.45, 2.75) is 18.6 Å². The number of benzene rings is 2. The molecule has 11 heteroatoms. The Hall–Kier alpha value is -4.12. The highest BCUT2D eigenvalue weighted by Crippen LogP contribution is 2.39. The van der Waals surface area contributed by atoms with Gasteiger partial charge in [-0.25, -0.2) is 4.79 Å². The molecule has 1 aliphatic heterocycles. The van der Waals surface area contributed by atoms with Gasteiger partial charge in [-0.2, -0.15) is 18.3 Å². The van der Waals surface area contributed by atoms with E-state index in [1.807, 2.05) is 38.2 Å². The van der Waals surface area contributed by atoms with E-state index in [0.29, 0.717) is 18.8 Å². The molecule has 3 heterocycles. The predicted octanol–water partition coefficient (Wildman–Crippen LogP) is 5.44. The molecule has 1 fully saturated rings. The number of carbonyl (C=O) groups is 1. The molecular formula is C27H28F3N7O. The number of anilines is 3. The van der Waals surface area contributed by atoms with Crippen LogP contribution in [0.1, 0.15) is 12.0 Å². The fourth-order valence-electron chi connectivity index (χ4n) is 4.81. The molecule has 38 heavy (non-hydrogen) atoms. The van der Waals surface area contributed by atoms with Crippen molar-refractivity contribution in [3.8, 4) is 11.1 Å². The lowest BCUT2D eigenvalue weighted by Gasteiger charge is -2.25. The molecule has 0 radical (unpaired) electrons. The molecule has 198 valence electrons. The number of aromatic nitrogens is 3. The van der Waals surface area contributed by atoms with Crippen molar-refractivity contribution in [3.05, 3.63) is 66.6 Å². The highest BCUT2D eigenvalue weighted by molar-refractivity contribution is 6.00. The van der Waals surface area contributed by atoms with Crippen molar-refractivity contribution in [1.82, 2.24) is 19.7 Å². The van der Waals surface area contributed by atoms with Gasteiger partial charge >= 0.3 is 12.2 Å². The Bertz CT molecular complexity index is 1460. The minimum Gasteiger partial charge on any atom is -0.369 e. The third kappa shape index (κ3) is 5.14. The fraction of sp³-hybridized carbons (Fsp3) is 0.296. The fourth-order valence-corrected chi connectivity index (χ4v) is 4.81. The number of likely N-dealkylation sites (N-methyl/N-ethyl adjacent to an activating group) is 1. The van der Waals surface area contributed by atoms with Gasteiger partial charge in [0.1, 0.15) is 0 Å². The van der Waals surface area contributed by atoms with Crippen LogP contribution in [0.2, 0.25) is 0 Å². The lowest BCUT2D eigenvalue weighted by atomic mass is 10.0. The second-order valence-corrected chi connectivity index (χ2v) is 9.63. The largest absolute Gasteiger partial charge is 0.418 e. The van der Waals surface area contributed by atoms with Gasteiger partial charge in [-0.1, -0.05) is 12.1 Å². The zero-order chi connectivity index (χ0) is 27.0. The third-order valence-corrected chi connectivity index (χ3v) is 6.92. The molecule has 8 nitrogen and oxygen atoms in total. The number of halogens is 3. The van der Waals surface area contributed by atoms with Gasteiger partial charge in [0.25, 0.3) is 0 Å². The molecule has 2 aromatic carbocycles. The first-order valence-corrected chi connectivity index (χ1v) is 12.2. The summed E-state index contributed by atoms with van der Waals surface area (Å²) in [5, 5.41) is 10.4. The Kier molecular flexibility index (Phi) is 6.70. The molecule has 0 saturated carbocycles. The van der Waals surface area contributed by atoms with Crippen molar-refractivity contribution in [2.75, 3.05) is 42.7 Å². The number of urea groups is 1. The van der Waals surface area contributed by atoms with Crippen LogP contribution in [0.5, 0.6) is 0 Å². The number of hydrogen-bond acceptors (Lipinski definition) is 5. The first kappa shape index (κ1) is 25.5. The summed E-state index contributed by atoms with van der Waals surface area (Å²) in [6.45, 7) is 1.06. The number of hydrogen-bond donors (Lipinski definition) is 2. The van der Waals surface area contributed by atoms with Crippen LogP contribution in [0, 0.1) is 0 Å². The minimum atomic E-state index is -4.55. The molecule has 2 N–H and O–H groups in total. The lowest BCUT2D eigenvalue weighted by Crippen LogP contribution is -2.32. The van der Waals surface area contributed by atoms with Gasteiger partial charge in [0, 0.05) is 60.4 Å². The van der Waals surface area contributed by atoms with Gasteiger partial charge in [-0.15, -0.1) is 0 Å². The maximum atomic E-state index is 13.9. The molecular weight excluding hydrogens is 495 g/mol. The topological polar surface area (TPSA) is 78.3 Å². The van der Waals surface area contributed by atoms with E-state index in [0.717, 1.165) is 34.5 Å². The molecule has 1 atom stereocenters. The Balaban J connectivity index is 1.29. The van der Waals surface area contributed by atoms with E-state index in [-0.39, 0.29) is 17.4 Å². The van der Waals surface area contributed by atoms with Gasteiger partial charge in [-0.05, 0) is 56.4 Å². The normalized spacial score (nSPS) is 15.9. The Morgan fingerprint density at radius 1 is 1.03 bits per heavy atom. The number of fused-ring (bicyclic) bond motifs is 1. The van der Waals surface area contributed by atoms with E-state index >= 15 is 0 Å².